The minimum absolute atomic E-state index is 0.0593. The van der Waals surface area contributed by atoms with Crippen molar-refractivity contribution in [3.63, 3.8) is 0 Å². The number of likely N-dealkylation sites (N-methyl/N-ethyl adjacent to an activating group) is 1. The van der Waals surface area contributed by atoms with Gasteiger partial charge < -0.3 is 14.7 Å². The number of hydrogen-bond donors (Lipinski definition) is 1. The van der Waals surface area contributed by atoms with Crippen LogP contribution in [0.4, 0.5) is 5.69 Å². The summed E-state index contributed by atoms with van der Waals surface area (Å²) in [5.74, 6) is -0.971. The number of thiazole rings is 1. The van der Waals surface area contributed by atoms with Gasteiger partial charge in [-0.25, -0.2) is 9.78 Å². The largest absolute Gasteiger partial charge is 0.479 e. The average Bonchev–Trinajstić information content (AvgIpc) is 3.55. The number of carbonyl (C=O) groups excluding carboxylic acids is 1. The average molecular weight is 612 g/mol. The van der Waals surface area contributed by atoms with Gasteiger partial charge in [0.15, 0.2) is 6.10 Å². The van der Waals surface area contributed by atoms with Crippen molar-refractivity contribution in [3.8, 4) is 33.0 Å². The highest BCUT2D eigenvalue weighted by Crippen LogP contribution is 2.44. The smallest absolute Gasteiger partial charge is 0.337 e. The van der Waals surface area contributed by atoms with Crippen LogP contribution in [0.2, 0.25) is 5.02 Å². The van der Waals surface area contributed by atoms with E-state index in [0.717, 1.165) is 72.8 Å². The Balaban J connectivity index is 1.51. The molecule has 2 aromatic heterocycles. The predicted octanol–water partition coefficient (Wildman–Crippen LogP) is 8.12. The number of unbranched alkanes of at least 4 members (excludes halogenated alkanes) is 1. The molecule has 0 spiro atoms. The Morgan fingerprint density at radius 2 is 1.93 bits per heavy atom. The molecule has 3 heterocycles. The number of rotatable bonds is 9. The van der Waals surface area contributed by atoms with E-state index in [0.29, 0.717) is 23.6 Å². The molecule has 7 nitrogen and oxygen atoms in total. The van der Waals surface area contributed by atoms with Gasteiger partial charge >= 0.3 is 5.97 Å². The normalized spacial score (nSPS) is 13.5. The summed E-state index contributed by atoms with van der Waals surface area (Å²) in [5.41, 5.74) is 8.27. The maximum atomic E-state index is 12.6. The summed E-state index contributed by atoms with van der Waals surface area (Å²) in [7, 11) is 1.79. The van der Waals surface area contributed by atoms with Gasteiger partial charge in [-0.1, -0.05) is 49.2 Å². The fourth-order valence-corrected chi connectivity index (χ4v) is 6.88. The van der Waals surface area contributed by atoms with Crippen LogP contribution in [0.15, 0.2) is 66.9 Å². The highest BCUT2D eigenvalue weighted by atomic mass is 35.5. The predicted molar refractivity (Wildman–Crippen MR) is 172 cm³/mol. The maximum Gasteiger partial charge on any atom is 0.337 e. The summed E-state index contributed by atoms with van der Waals surface area (Å²) in [6.07, 6.45) is 2.65. The van der Waals surface area contributed by atoms with Gasteiger partial charge in [-0.05, 0) is 66.4 Å². The van der Waals surface area contributed by atoms with Crippen LogP contribution >= 0.6 is 22.9 Å². The molecular weight excluding hydrogens is 582 g/mol. The van der Waals surface area contributed by atoms with Gasteiger partial charge in [-0.15, -0.1) is 11.3 Å². The van der Waals surface area contributed by atoms with Crippen molar-refractivity contribution < 1.29 is 19.4 Å². The third-order valence-corrected chi connectivity index (χ3v) is 9.22. The maximum absolute atomic E-state index is 12.6. The van der Waals surface area contributed by atoms with E-state index in [1.807, 2.05) is 62.4 Å². The molecule has 5 aromatic rings. The van der Waals surface area contributed by atoms with Crippen LogP contribution in [0.5, 0.6) is 0 Å². The van der Waals surface area contributed by atoms with Crippen LogP contribution in [0, 0.1) is 6.92 Å². The molecule has 1 amide bonds. The van der Waals surface area contributed by atoms with E-state index in [9.17, 15) is 14.7 Å². The number of aryl methyl sites for hydroxylation is 1. The van der Waals surface area contributed by atoms with Gasteiger partial charge in [-0.2, -0.15) is 0 Å². The lowest BCUT2D eigenvalue weighted by molar-refractivity contribution is -0.151. The molecule has 1 unspecified atom stereocenters. The zero-order valence-corrected chi connectivity index (χ0v) is 25.6. The zero-order valence-electron chi connectivity index (χ0n) is 24.1. The lowest BCUT2D eigenvalue weighted by Crippen LogP contribution is -2.20. The number of nitrogens with zero attached hydrogens (tertiary/aromatic N) is 3. The Hall–Kier alpha value is -4.11. The van der Waals surface area contributed by atoms with Crippen molar-refractivity contribution in [2.45, 2.75) is 39.2 Å². The third kappa shape index (κ3) is 5.42. The number of hydrogen-bond acceptors (Lipinski definition) is 6. The molecule has 1 aliphatic rings. The molecule has 6 rings (SSSR count). The molecule has 0 saturated heterocycles. The molecular formula is C34H30ClN3O4S. The quantitative estimate of drug-likeness (QED) is 0.169. The minimum atomic E-state index is -1.12. The van der Waals surface area contributed by atoms with Gasteiger partial charge in [-0.3, -0.25) is 9.78 Å². The molecule has 0 radical (unpaired) electrons. The number of aromatic nitrogens is 2. The summed E-state index contributed by atoms with van der Waals surface area (Å²) in [6.45, 7) is 4.30. The number of ether oxygens (including phenoxy) is 1. The lowest BCUT2D eigenvalue weighted by Gasteiger charge is -2.21. The van der Waals surface area contributed by atoms with E-state index in [2.05, 4.69) is 4.98 Å². The summed E-state index contributed by atoms with van der Waals surface area (Å²) in [5, 5.41) is 11.6. The molecule has 3 aromatic carbocycles. The Labute approximate surface area is 258 Å². The van der Waals surface area contributed by atoms with E-state index in [1.54, 1.807) is 30.3 Å². The van der Waals surface area contributed by atoms with Crippen LogP contribution in [0.3, 0.4) is 0 Å². The van der Waals surface area contributed by atoms with E-state index in [-0.39, 0.29) is 5.91 Å². The molecule has 1 aliphatic heterocycles. The Bertz CT molecular complexity index is 1870. The minimum Gasteiger partial charge on any atom is -0.479 e. The van der Waals surface area contributed by atoms with Gasteiger partial charge in [0.1, 0.15) is 5.01 Å². The Kier molecular flexibility index (Phi) is 8.01. The molecule has 0 saturated carbocycles. The van der Waals surface area contributed by atoms with Crippen molar-refractivity contribution in [2.75, 3.05) is 18.6 Å². The van der Waals surface area contributed by atoms with E-state index in [1.165, 1.54) is 11.3 Å². The highest BCUT2D eigenvalue weighted by molar-refractivity contribution is 7.22. The second-order valence-electron chi connectivity index (χ2n) is 10.7. The van der Waals surface area contributed by atoms with Crippen LogP contribution in [0.25, 0.3) is 43.2 Å². The van der Waals surface area contributed by atoms with Crippen LogP contribution in [-0.2, 0) is 20.7 Å². The Morgan fingerprint density at radius 3 is 2.67 bits per heavy atom. The first kappa shape index (κ1) is 29.0. The second-order valence-corrected chi connectivity index (χ2v) is 12.1. The van der Waals surface area contributed by atoms with E-state index in [4.69, 9.17) is 21.3 Å². The molecule has 0 bridgehead atoms. The van der Waals surface area contributed by atoms with Crippen molar-refractivity contribution in [2.24, 2.45) is 0 Å². The zero-order chi connectivity index (χ0) is 30.2. The molecule has 0 aliphatic carbocycles. The SMILES string of the molecule is CCCCOC(C(=O)O)c1c(C)cc2nc(-c3ccnc(-c4cccc5c4CC(=O)N5C)c3)sc2c1-c1ccc(Cl)cc1. The summed E-state index contributed by atoms with van der Waals surface area (Å²) in [6, 6.07) is 19.2. The topological polar surface area (TPSA) is 92.6 Å². The van der Waals surface area contributed by atoms with Crippen molar-refractivity contribution in [3.05, 3.63) is 88.6 Å². The summed E-state index contributed by atoms with van der Waals surface area (Å²) >= 11 is 7.73. The van der Waals surface area contributed by atoms with Crippen molar-refractivity contribution in [1.82, 2.24) is 9.97 Å². The molecule has 1 N–H and O–H groups in total. The third-order valence-electron chi connectivity index (χ3n) is 7.83. The van der Waals surface area contributed by atoms with Crippen LogP contribution < -0.4 is 4.90 Å². The monoisotopic (exact) mass is 611 g/mol. The molecule has 0 fully saturated rings. The summed E-state index contributed by atoms with van der Waals surface area (Å²) < 4.78 is 6.85. The number of carbonyl (C=O) groups is 2. The lowest BCUT2D eigenvalue weighted by atomic mass is 9.91. The molecule has 43 heavy (non-hydrogen) atoms. The van der Waals surface area contributed by atoms with Crippen molar-refractivity contribution in [1.29, 1.82) is 0 Å². The number of fused-ring (bicyclic) bond motifs is 2. The second kappa shape index (κ2) is 11.9. The number of halogens is 1. The number of benzene rings is 3. The molecule has 9 heteroatoms. The number of carboxylic acid groups (broad SMARTS) is 1. The number of aliphatic carboxylic acids is 1. The first-order chi connectivity index (χ1) is 20.8. The van der Waals surface area contributed by atoms with Gasteiger partial charge in [0.25, 0.3) is 0 Å². The standard InChI is InChI=1S/C34H30ClN3O4S/c1-4-5-15-42-31(34(40)41)29-19(2)16-26-32(30(29)20-9-11-22(35)12-10-20)43-33(37-26)21-13-14-36-25(17-21)23-7-6-8-27-24(23)18-28(39)38(27)3/h6-14,16-17,31H,4-5,15,18H2,1-3H3,(H,40,41). The fraction of sp³-hybridized carbons (Fsp3) is 0.235. The fourth-order valence-electron chi connectivity index (χ4n) is 5.63. The van der Waals surface area contributed by atoms with Gasteiger partial charge in [0, 0.05) is 52.8 Å². The van der Waals surface area contributed by atoms with E-state index >= 15 is 0 Å². The molecule has 1 atom stereocenters. The van der Waals surface area contributed by atoms with Crippen molar-refractivity contribution >= 4 is 50.7 Å². The van der Waals surface area contributed by atoms with Gasteiger partial charge in [0.2, 0.25) is 5.91 Å². The Morgan fingerprint density at radius 1 is 1.14 bits per heavy atom. The van der Waals surface area contributed by atoms with Crippen LogP contribution in [-0.4, -0.2) is 40.6 Å². The number of pyridine rings is 1. The molecule has 218 valence electrons. The highest BCUT2D eigenvalue weighted by Gasteiger charge is 2.30. The van der Waals surface area contributed by atoms with Gasteiger partial charge in [0.05, 0.1) is 22.3 Å². The summed E-state index contributed by atoms with van der Waals surface area (Å²) in [4.78, 5) is 36.3. The van der Waals surface area contributed by atoms with E-state index < -0.39 is 12.1 Å². The van der Waals surface area contributed by atoms with Crippen LogP contribution in [0.1, 0.15) is 42.6 Å². The number of anilines is 1. The first-order valence-corrected chi connectivity index (χ1v) is 15.4. The first-order valence-electron chi connectivity index (χ1n) is 14.2. The number of amides is 1. The number of carboxylic acids is 1.